The van der Waals surface area contributed by atoms with Crippen molar-refractivity contribution in [2.75, 3.05) is 26.4 Å². The number of carbonyl (C=O) groups is 2. The minimum absolute atomic E-state index is 0.142. The van der Waals surface area contributed by atoms with Crippen molar-refractivity contribution in [1.29, 1.82) is 0 Å². The Hall–Kier alpha value is -1.66. The molecule has 2 fully saturated rings. The Labute approximate surface area is 112 Å². The summed E-state index contributed by atoms with van der Waals surface area (Å²) in [4.78, 5) is 21.0. The number of hydrogen-bond donors (Lipinski definition) is 0. The van der Waals surface area contributed by atoms with E-state index < -0.39 is 0 Å². The Morgan fingerprint density at radius 1 is 1.21 bits per heavy atom. The summed E-state index contributed by atoms with van der Waals surface area (Å²) in [7, 11) is 0. The Bertz CT molecular complexity index is 354. The van der Waals surface area contributed by atoms with Gasteiger partial charge in [-0.1, -0.05) is 13.2 Å². The van der Waals surface area contributed by atoms with E-state index in [1.54, 1.807) is 6.92 Å². The zero-order valence-corrected chi connectivity index (χ0v) is 10.9. The molecule has 2 heterocycles. The number of epoxide rings is 2. The van der Waals surface area contributed by atoms with Gasteiger partial charge in [0.15, 0.2) is 0 Å². The van der Waals surface area contributed by atoms with Gasteiger partial charge in [-0.25, -0.2) is 9.59 Å². The molecule has 6 nitrogen and oxygen atoms in total. The van der Waals surface area contributed by atoms with Crippen molar-refractivity contribution >= 4 is 11.9 Å². The van der Waals surface area contributed by atoms with Crippen LogP contribution in [0.15, 0.2) is 24.8 Å². The largest absolute Gasteiger partial charge is 0.460 e. The van der Waals surface area contributed by atoms with Gasteiger partial charge in [0.25, 0.3) is 0 Å². The van der Waals surface area contributed by atoms with E-state index in [2.05, 4.69) is 17.9 Å². The maximum Gasteiger partial charge on any atom is 0.333 e. The summed E-state index contributed by atoms with van der Waals surface area (Å²) in [6.07, 6.45) is 1.43. The third-order valence-electron chi connectivity index (χ3n) is 2.13. The molecule has 2 aliphatic heterocycles. The van der Waals surface area contributed by atoms with Crippen LogP contribution in [0.25, 0.3) is 0 Å². The highest BCUT2D eigenvalue weighted by Gasteiger charge is 2.24. The van der Waals surface area contributed by atoms with Crippen molar-refractivity contribution < 1.29 is 28.5 Å². The van der Waals surface area contributed by atoms with Gasteiger partial charge in [-0.3, -0.25) is 0 Å². The van der Waals surface area contributed by atoms with Crippen molar-refractivity contribution in [3.63, 3.8) is 0 Å². The molecule has 0 aromatic rings. The molecule has 2 atom stereocenters. The van der Waals surface area contributed by atoms with Crippen LogP contribution >= 0.6 is 0 Å². The molecular weight excluding hydrogens is 252 g/mol. The fourth-order valence-electron chi connectivity index (χ4n) is 0.854. The molecule has 19 heavy (non-hydrogen) atoms. The van der Waals surface area contributed by atoms with E-state index in [4.69, 9.17) is 14.2 Å². The van der Waals surface area contributed by atoms with Gasteiger partial charge in [-0.2, -0.15) is 0 Å². The lowest BCUT2D eigenvalue weighted by Gasteiger charge is -1.99. The van der Waals surface area contributed by atoms with Crippen LogP contribution in [0.5, 0.6) is 0 Å². The van der Waals surface area contributed by atoms with E-state index in [-0.39, 0.29) is 24.1 Å². The van der Waals surface area contributed by atoms with E-state index in [1.165, 1.54) is 0 Å². The van der Waals surface area contributed by atoms with Gasteiger partial charge in [0.2, 0.25) is 0 Å². The molecule has 2 unspecified atom stereocenters. The Balaban J connectivity index is 0.000000191. The Morgan fingerprint density at radius 2 is 1.68 bits per heavy atom. The first kappa shape index (κ1) is 15.4. The highest BCUT2D eigenvalue weighted by Crippen LogP contribution is 2.09. The average molecular weight is 270 g/mol. The second-order valence-electron chi connectivity index (χ2n) is 4.12. The van der Waals surface area contributed by atoms with Crippen molar-refractivity contribution in [3.8, 4) is 0 Å². The highest BCUT2D eigenvalue weighted by molar-refractivity contribution is 5.86. The summed E-state index contributed by atoms with van der Waals surface area (Å²) < 4.78 is 19.0. The van der Waals surface area contributed by atoms with E-state index in [9.17, 15) is 9.59 Å². The van der Waals surface area contributed by atoms with Gasteiger partial charge in [-0.05, 0) is 6.92 Å². The fraction of sp³-hybridized carbons (Fsp3) is 0.538. The lowest BCUT2D eigenvalue weighted by molar-refractivity contribution is -0.139. The molecule has 0 radical (unpaired) electrons. The topological polar surface area (TPSA) is 77.7 Å². The molecule has 0 amide bonds. The predicted molar refractivity (Wildman–Crippen MR) is 66.4 cm³/mol. The molecular formula is C13H18O6. The fourth-order valence-corrected chi connectivity index (χ4v) is 0.854. The lowest BCUT2D eigenvalue weighted by Crippen LogP contribution is -2.09. The standard InChI is InChI=1S/C7H10O3.C6H8O3/c1-5(2)7(8)10-4-6-3-9-6;1-2-6(7)9-4-5-3-8-5/h6H,1,3-4H2,2H3;2,5H,1,3-4H2. The van der Waals surface area contributed by atoms with Crippen LogP contribution in [0.1, 0.15) is 6.92 Å². The number of rotatable bonds is 6. The predicted octanol–water partition coefficient (Wildman–Crippen LogP) is 0.619. The number of hydrogen-bond acceptors (Lipinski definition) is 6. The number of esters is 2. The first-order valence-corrected chi connectivity index (χ1v) is 5.88. The highest BCUT2D eigenvalue weighted by atomic mass is 16.6. The monoisotopic (exact) mass is 270 g/mol. The molecule has 0 aliphatic carbocycles. The molecule has 0 spiro atoms. The summed E-state index contributed by atoms with van der Waals surface area (Å²) >= 11 is 0. The number of carbonyl (C=O) groups excluding carboxylic acids is 2. The maximum atomic E-state index is 10.7. The molecule has 2 aliphatic rings. The molecule has 0 N–H and O–H groups in total. The van der Waals surface area contributed by atoms with Crippen molar-refractivity contribution in [2.45, 2.75) is 19.1 Å². The summed E-state index contributed by atoms with van der Waals surface area (Å²) in [6, 6.07) is 0. The SMILES string of the molecule is C=C(C)C(=O)OCC1CO1.C=CC(=O)OCC1CO1. The third-order valence-corrected chi connectivity index (χ3v) is 2.13. The summed E-state index contributed by atoms with van der Waals surface area (Å²) in [5, 5.41) is 0. The van der Waals surface area contributed by atoms with E-state index in [1.807, 2.05) is 0 Å². The molecule has 0 aromatic heterocycles. The summed E-state index contributed by atoms with van der Waals surface area (Å²) in [5.74, 6) is -0.721. The quantitative estimate of drug-likeness (QED) is 0.400. The minimum Gasteiger partial charge on any atom is -0.460 e. The molecule has 6 heteroatoms. The van der Waals surface area contributed by atoms with E-state index in [0.29, 0.717) is 32.0 Å². The molecule has 0 aromatic carbocycles. The van der Waals surface area contributed by atoms with Gasteiger partial charge >= 0.3 is 11.9 Å². The first-order chi connectivity index (χ1) is 9.02. The zero-order valence-electron chi connectivity index (χ0n) is 10.9. The van der Waals surface area contributed by atoms with Crippen LogP contribution < -0.4 is 0 Å². The summed E-state index contributed by atoms with van der Waals surface area (Å²) in [6.45, 7) is 10.5. The number of ether oxygens (including phenoxy) is 4. The smallest absolute Gasteiger partial charge is 0.333 e. The van der Waals surface area contributed by atoms with Gasteiger partial charge in [0, 0.05) is 11.6 Å². The van der Waals surface area contributed by atoms with Crippen LogP contribution in [0.3, 0.4) is 0 Å². The Kier molecular flexibility index (Phi) is 6.24. The van der Waals surface area contributed by atoms with E-state index >= 15 is 0 Å². The van der Waals surface area contributed by atoms with Gasteiger partial charge < -0.3 is 18.9 Å². The van der Waals surface area contributed by atoms with Crippen molar-refractivity contribution in [1.82, 2.24) is 0 Å². The van der Waals surface area contributed by atoms with Crippen LogP contribution in [0.2, 0.25) is 0 Å². The third kappa shape index (κ3) is 8.12. The Morgan fingerprint density at radius 3 is 2.05 bits per heavy atom. The molecule has 0 bridgehead atoms. The first-order valence-electron chi connectivity index (χ1n) is 5.88. The van der Waals surface area contributed by atoms with Gasteiger partial charge in [0.1, 0.15) is 25.4 Å². The van der Waals surface area contributed by atoms with Crippen molar-refractivity contribution in [3.05, 3.63) is 24.8 Å². The minimum atomic E-state index is -0.384. The van der Waals surface area contributed by atoms with Gasteiger partial charge in [0.05, 0.1) is 13.2 Å². The second-order valence-corrected chi connectivity index (χ2v) is 4.12. The lowest BCUT2D eigenvalue weighted by atomic mass is 10.4. The van der Waals surface area contributed by atoms with Crippen LogP contribution in [0.4, 0.5) is 0 Å². The summed E-state index contributed by atoms with van der Waals surface area (Å²) in [5.41, 5.74) is 0.431. The second kappa shape index (κ2) is 7.70. The maximum absolute atomic E-state index is 10.7. The normalized spacial score (nSPS) is 22.4. The van der Waals surface area contributed by atoms with Gasteiger partial charge in [-0.15, -0.1) is 0 Å². The zero-order chi connectivity index (χ0) is 14.3. The molecule has 0 saturated carbocycles. The van der Waals surface area contributed by atoms with Crippen LogP contribution in [0, 0.1) is 0 Å². The van der Waals surface area contributed by atoms with Crippen molar-refractivity contribution in [2.24, 2.45) is 0 Å². The molecule has 2 saturated heterocycles. The molecule has 106 valence electrons. The van der Waals surface area contributed by atoms with E-state index in [0.717, 1.165) is 6.08 Å². The van der Waals surface area contributed by atoms with Crippen LogP contribution in [-0.4, -0.2) is 50.6 Å². The average Bonchev–Trinajstić information content (AvgIpc) is 3.27. The van der Waals surface area contributed by atoms with Crippen LogP contribution in [-0.2, 0) is 28.5 Å². The molecule has 2 rings (SSSR count).